The number of ether oxygens (including phenoxy) is 1. The van der Waals surface area contributed by atoms with Gasteiger partial charge in [-0.15, -0.1) is 0 Å². The summed E-state index contributed by atoms with van der Waals surface area (Å²) in [5.41, 5.74) is 1.10. The summed E-state index contributed by atoms with van der Waals surface area (Å²) < 4.78 is 18.8. The van der Waals surface area contributed by atoms with Gasteiger partial charge in [0, 0.05) is 0 Å². The van der Waals surface area contributed by atoms with Crippen molar-refractivity contribution in [3.05, 3.63) is 47.8 Å². The number of benzene rings is 1. The summed E-state index contributed by atoms with van der Waals surface area (Å²) >= 11 is 0. The first-order chi connectivity index (χ1) is 7.34. The van der Waals surface area contributed by atoms with Crippen LogP contribution in [0.3, 0.4) is 0 Å². The summed E-state index contributed by atoms with van der Waals surface area (Å²) in [6.45, 7) is 0.969. The summed E-state index contributed by atoms with van der Waals surface area (Å²) in [6.07, 6.45) is 1.57. The molecule has 0 saturated carbocycles. The Hall–Kier alpha value is -1.19. The molecule has 0 unspecified atom stereocenters. The maximum atomic E-state index is 13.1. The maximum absolute atomic E-state index is 13.1. The van der Waals surface area contributed by atoms with E-state index in [0.29, 0.717) is 13.2 Å². The van der Waals surface area contributed by atoms with Gasteiger partial charge in [0.1, 0.15) is 12.1 Å². The molecule has 1 fully saturated rings. The second-order valence-electron chi connectivity index (χ2n) is 3.95. The molecule has 0 bridgehead atoms. The molecule has 2 heterocycles. The predicted molar refractivity (Wildman–Crippen MR) is 54.8 cm³/mol. The van der Waals surface area contributed by atoms with Crippen LogP contribution >= 0.6 is 0 Å². The Labute approximate surface area is 88.0 Å². The topological polar surface area (TPSA) is 12.5 Å². The molecule has 2 aliphatic heterocycles. The van der Waals surface area contributed by atoms with Crippen LogP contribution < -0.4 is 0 Å². The van der Waals surface area contributed by atoms with Gasteiger partial charge in [-0.3, -0.25) is 4.90 Å². The van der Waals surface area contributed by atoms with E-state index in [1.54, 1.807) is 6.08 Å². The molecule has 0 radical (unpaired) electrons. The van der Waals surface area contributed by atoms with Crippen LogP contribution in [0.15, 0.2) is 42.2 Å². The zero-order chi connectivity index (χ0) is 10.3. The van der Waals surface area contributed by atoms with Gasteiger partial charge in [-0.1, -0.05) is 30.3 Å². The van der Waals surface area contributed by atoms with E-state index in [2.05, 4.69) is 0 Å². The number of halogens is 1. The average molecular weight is 205 g/mol. The fourth-order valence-corrected chi connectivity index (χ4v) is 2.24. The van der Waals surface area contributed by atoms with Gasteiger partial charge in [0.05, 0.1) is 19.2 Å². The molecule has 2 aliphatic rings. The average Bonchev–Trinajstić information content (AvgIpc) is 2.77. The lowest BCUT2D eigenvalue weighted by Gasteiger charge is -2.21. The molecule has 2 atom stereocenters. The van der Waals surface area contributed by atoms with Crippen LogP contribution in [0.4, 0.5) is 4.39 Å². The second kappa shape index (κ2) is 3.43. The van der Waals surface area contributed by atoms with E-state index in [1.165, 1.54) is 0 Å². The number of fused-ring (bicyclic) bond motifs is 1. The number of hydrogen-bond donors (Lipinski definition) is 0. The SMILES string of the molecule is FC1=C[C@H]2CO[C@H](c3ccccc3)N2C1. The van der Waals surface area contributed by atoms with Crippen LogP contribution in [0.25, 0.3) is 0 Å². The monoisotopic (exact) mass is 205 g/mol. The molecule has 0 spiro atoms. The van der Waals surface area contributed by atoms with Gasteiger partial charge >= 0.3 is 0 Å². The molecule has 3 heteroatoms. The highest BCUT2D eigenvalue weighted by molar-refractivity contribution is 5.22. The van der Waals surface area contributed by atoms with Gasteiger partial charge in [0.15, 0.2) is 0 Å². The Bertz CT molecular complexity index is 390. The fraction of sp³-hybridized carbons (Fsp3) is 0.333. The van der Waals surface area contributed by atoms with E-state index < -0.39 is 0 Å². The van der Waals surface area contributed by atoms with Crippen molar-refractivity contribution in [1.29, 1.82) is 0 Å². The standard InChI is InChI=1S/C12H12FNO/c13-10-6-11-8-15-12(14(11)7-10)9-4-2-1-3-5-9/h1-6,11-12H,7-8H2/t11-,12+/m0/s1. The molecule has 0 aliphatic carbocycles. The Kier molecular flexibility index (Phi) is 2.08. The van der Waals surface area contributed by atoms with Crippen LogP contribution in [0.1, 0.15) is 11.8 Å². The van der Waals surface area contributed by atoms with Gasteiger partial charge < -0.3 is 4.74 Å². The van der Waals surface area contributed by atoms with Crippen molar-refractivity contribution in [2.24, 2.45) is 0 Å². The largest absolute Gasteiger partial charge is 0.357 e. The molecule has 1 saturated heterocycles. The summed E-state index contributed by atoms with van der Waals surface area (Å²) in [7, 11) is 0. The molecular weight excluding hydrogens is 193 g/mol. The third kappa shape index (κ3) is 1.48. The third-order valence-corrected chi connectivity index (χ3v) is 2.94. The van der Waals surface area contributed by atoms with E-state index in [0.717, 1.165) is 5.56 Å². The van der Waals surface area contributed by atoms with Crippen molar-refractivity contribution in [1.82, 2.24) is 4.90 Å². The van der Waals surface area contributed by atoms with E-state index in [4.69, 9.17) is 4.74 Å². The van der Waals surface area contributed by atoms with Crippen molar-refractivity contribution in [2.75, 3.05) is 13.2 Å². The molecule has 1 aromatic rings. The third-order valence-electron chi connectivity index (χ3n) is 2.94. The van der Waals surface area contributed by atoms with Gasteiger partial charge in [0.25, 0.3) is 0 Å². The van der Waals surface area contributed by atoms with E-state index in [1.807, 2.05) is 35.2 Å². The van der Waals surface area contributed by atoms with E-state index >= 15 is 0 Å². The fourth-order valence-electron chi connectivity index (χ4n) is 2.24. The maximum Gasteiger partial charge on any atom is 0.137 e. The van der Waals surface area contributed by atoms with Crippen LogP contribution in [0, 0.1) is 0 Å². The zero-order valence-electron chi connectivity index (χ0n) is 8.27. The highest BCUT2D eigenvalue weighted by Gasteiger charge is 2.38. The quantitative estimate of drug-likeness (QED) is 0.697. The lowest BCUT2D eigenvalue weighted by atomic mass is 10.2. The summed E-state index contributed by atoms with van der Waals surface area (Å²) in [6, 6.07) is 10.1. The van der Waals surface area contributed by atoms with Crippen molar-refractivity contribution in [3.8, 4) is 0 Å². The van der Waals surface area contributed by atoms with Gasteiger partial charge in [0.2, 0.25) is 0 Å². The molecule has 0 N–H and O–H groups in total. The van der Waals surface area contributed by atoms with Crippen LogP contribution in [0.2, 0.25) is 0 Å². The minimum atomic E-state index is -0.0827. The summed E-state index contributed by atoms with van der Waals surface area (Å²) in [5.74, 6) is -0.0377. The Morgan fingerprint density at radius 3 is 2.87 bits per heavy atom. The van der Waals surface area contributed by atoms with Gasteiger partial charge in [-0.05, 0) is 11.6 Å². The van der Waals surface area contributed by atoms with Crippen LogP contribution in [-0.2, 0) is 4.74 Å². The van der Waals surface area contributed by atoms with Crippen molar-refractivity contribution in [2.45, 2.75) is 12.3 Å². The normalized spacial score (nSPS) is 30.3. The Morgan fingerprint density at radius 1 is 1.27 bits per heavy atom. The molecule has 3 rings (SSSR count). The molecule has 15 heavy (non-hydrogen) atoms. The zero-order valence-corrected chi connectivity index (χ0v) is 8.27. The smallest absolute Gasteiger partial charge is 0.137 e. The minimum absolute atomic E-state index is 0.0377. The highest BCUT2D eigenvalue weighted by atomic mass is 19.1. The lowest BCUT2D eigenvalue weighted by molar-refractivity contribution is 0.0355. The van der Waals surface area contributed by atoms with Crippen molar-refractivity contribution in [3.63, 3.8) is 0 Å². The Morgan fingerprint density at radius 2 is 2.07 bits per heavy atom. The number of nitrogens with zero attached hydrogens (tertiary/aromatic N) is 1. The molecule has 2 nitrogen and oxygen atoms in total. The molecule has 1 aromatic carbocycles. The lowest BCUT2D eigenvalue weighted by Crippen LogP contribution is -2.27. The second-order valence-corrected chi connectivity index (χ2v) is 3.95. The van der Waals surface area contributed by atoms with Crippen LogP contribution in [-0.4, -0.2) is 24.1 Å². The van der Waals surface area contributed by atoms with E-state index in [-0.39, 0.29) is 18.1 Å². The first-order valence-electron chi connectivity index (χ1n) is 5.13. The minimum Gasteiger partial charge on any atom is -0.357 e. The number of hydrogen-bond acceptors (Lipinski definition) is 2. The highest BCUT2D eigenvalue weighted by Crippen LogP contribution is 2.35. The van der Waals surface area contributed by atoms with Crippen molar-refractivity contribution >= 4 is 0 Å². The van der Waals surface area contributed by atoms with E-state index in [9.17, 15) is 4.39 Å². The first-order valence-corrected chi connectivity index (χ1v) is 5.13. The Balaban J connectivity index is 1.86. The molecule has 0 aromatic heterocycles. The van der Waals surface area contributed by atoms with Crippen LogP contribution in [0.5, 0.6) is 0 Å². The van der Waals surface area contributed by atoms with Gasteiger partial charge in [-0.25, -0.2) is 4.39 Å². The first kappa shape index (κ1) is 9.07. The molecular formula is C12H12FNO. The summed E-state index contributed by atoms with van der Waals surface area (Å²) in [5, 5.41) is 0. The molecule has 78 valence electrons. The van der Waals surface area contributed by atoms with Gasteiger partial charge in [-0.2, -0.15) is 0 Å². The van der Waals surface area contributed by atoms with Crippen molar-refractivity contribution < 1.29 is 9.13 Å². The molecule has 0 amide bonds. The predicted octanol–water partition coefficient (Wildman–Crippen LogP) is 2.25. The number of rotatable bonds is 1. The summed E-state index contributed by atoms with van der Waals surface area (Å²) in [4.78, 5) is 2.05.